The Morgan fingerprint density at radius 1 is 1.00 bits per heavy atom. The minimum atomic E-state index is -0.187. The molecule has 0 saturated carbocycles. The van der Waals surface area contributed by atoms with E-state index in [0.29, 0.717) is 22.2 Å². The van der Waals surface area contributed by atoms with Gasteiger partial charge in [-0.2, -0.15) is 0 Å². The van der Waals surface area contributed by atoms with Crippen LogP contribution in [0.1, 0.15) is 23.1 Å². The van der Waals surface area contributed by atoms with Gasteiger partial charge in [-0.25, -0.2) is 0 Å². The van der Waals surface area contributed by atoms with Crippen LogP contribution in [0.2, 0.25) is 0 Å². The standard InChI is InChI=1S/C24H22N4O3S/c1-16(29)18-8-5-9-20(12-18)25-23(30)15-32-24-27-26-22(28(24)2)14-31-21-11-10-17-6-3-4-7-19(17)13-21/h3-13H,14-15H2,1-2H3,(H,25,30). The lowest BCUT2D eigenvalue weighted by Crippen LogP contribution is -2.15. The molecule has 4 rings (SSSR count). The van der Waals surface area contributed by atoms with Crippen molar-refractivity contribution in [2.24, 2.45) is 7.05 Å². The summed E-state index contributed by atoms with van der Waals surface area (Å²) < 4.78 is 7.70. The van der Waals surface area contributed by atoms with Gasteiger partial charge in [-0.3, -0.25) is 9.59 Å². The first kappa shape index (κ1) is 21.6. The summed E-state index contributed by atoms with van der Waals surface area (Å²) in [6, 6.07) is 20.9. The van der Waals surface area contributed by atoms with Crippen LogP contribution < -0.4 is 10.1 Å². The lowest BCUT2D eigenvalue weighted by molar-refractivity contribution is -0.113. The van der Waals surface area contributed by atoms with E-state index in [-0.39, 0.29) is 24.1 Å². The molecule has 0 saturated heterocycles. The lowest BCUT2D eigenvalue weighted by Gasteiger charge is -2.08. The molecule has 0 radical (unpaired) electrons. The van der Waals surface area contributed by atoms with Gasteiger partial charge >= 0.3 is 0 Å². The Labute approximate surface area is 189 Å². The average Bonchev–Trinajstić information content (AvgIpc) is 3.15. The molecule has 0 fully saturated rings. The van der Waals surface area contributed by atoms with Gasteiger partial charge in [0.1, 0.15) is 12.4 Å². The van der Waals surface area contributed by atoms with E-state index in [0.717, 1.165) is 16.5 Å². The largest absolute Gasteiger partial charge is 0.486 e. The predicted octanol–water partition coefficient (Wildman–Crippen LogP) is 4.48. The van der Waals surface area contributed by atoms with Gasteiger partial charge in [-0.15, -0.1) is 10.2 Å². The highest BCUT2D eigenvalue weighted by Gasteiger charge is 2.13. The fourth-order valence-electron chi connectivity index (χ4n) is 3.14. The molecular formula is C24H22N4O3S. The SMILES string of the molecule is CC(=O)c1cccc(NC(=O)CSc2nnc(COc3ccc4ccccc4c3)n2C)c1. The summed E-state index contributed by atoms with van der Waals surface area (Å²) >= 11 is 1.28. The van der Waals surface area contributed by atoms with E-state index < -0.39 is 0 Å². The molecular weight excluding hydrogens is 424 g/mol. The lowest BCUT2D eigenvalue weighted by atomic mass is 10.1. The van der Waals surface area contributed by atoms with E-state index in [2.05, 4.69) is 21.6 Å². The first-order valence-corrected chi connectivity index (χ1v) is 11.0. The molecule has 8 heteroatoms. The number of thioether (sulfide) groups is 1. The highest BCUT2D eigenvalue weighted by molar-refractivity contribution is 7.99. The van der Waals surface area contributed by atoms with Crippen molar-refractivity contribution in [3.63, 3.8) is 0 Å². The Balaban J connectivity index is 1.32. The van der Waals surface area contributed by atoms with Gasteiger partial charge in [0.15, 0.2) is 16.8 Å². The number of ether oxygens (including phenoxy) is 1. The molecule has 3 aromatic carbocycles. The number of aromatic nitrogens is 3. The second-order valence-corrected chi connectivity index (χ2v) is 8.17. The van der Waals surface area contributed by atoms with E-state index >= 15 is 0 Å². The van der Waals surface area contributed by atoms with Crippen LogP contribution in [-0.4, -0.2) is 32.2 Å². The number of fused-ring (bicyclic) bond motifs is 1. The van der Waals surface area contributed by atoms with E-state index in [1.165, 1.54) is 18.7 Å². The number of hydrogen-bond donors (Lipinski definition) is 1. The first-order valence-electron chi connectivity index (χ1n) is 10.0. The van der Waals surface area contributed by atoms with Crippen LogP contribution in [-0.2, 0) is 18.4 Å². The van der Waals surface area contributed by atoms with Crippen molar-refractivity contribution >= 4 is 39.9 Å². The third-order valence-electron chi connectivity index (χ3n) is 4.90. The number of rotatable bonds is 8. The van der Waals surface area contributed by atoms with Crippen LogP contribution in [0.15, 0.2) is 71.9 Å². The molecule has 32 heavy (non-hydrogen) atoms. The quantitative estimate of drug-likeness (QED) is 0.317. The number of amides is 1. The number of hydrogen-bond acceptors (Lipinski definition) is 6. The van der Waals surface area contributed by atoms with Crippen molar-refractivity contribution in [1.82, 2.24) is 14.8 Å². The molecule has 4 aromatic rings. The third-order valence-corrected chi connectivity index (χ3v) is 5.92. The highest BCUT2D eigenvalue weighted by Crippen LogP contribution is 2.22. The molecule has 1 heterocycles. The number of nitrogens with one attached hydrogen (secondary N) is 1. The Morgan fingerprint density at radius 2 is 1.81 bits per heavy atom. The summed E-state index contributed by atoms with van der Waals surface area (Å²) in [7, 11) is 1.84. The fourth-order valence-corrected chi connectivity index (χ4v) is 3.87. The van der Waals surface area contributed by atoms with E-state index in [9.17, 15) is 9.59 Å². The fraction of sp³-hybridized carbons (Fsp3) is 0.167. The maximum atomic E-state index is 12.3. The van der Waals surface area contributed by atoms with Gasteiger partial charge in [0.25, 0.3) is 0 Å². The molecule has 162 valence electrons. The van der Waals surface area contributed by atoms with Crippen LogP contribution in [0, 0.1) is 0 Å². The topological polar surface area (TPSA) is 86.1 Å². The zero-order chi connectivity index (χ0) is 22.5. The molecule has 0 bridgehead atoms. The summed E-state index contributed by atoms with van der Waals surface area (Å²) in [5.41, 5.74) is 1.14. The summed E-state index contributed by atoms with van der Waals surface area (Å²) in [6.07, 6.45) is 0. The summed E-state index contributed by atoms with van der Waals surface area (Å²) in [5.74, 6) is 1.35. The van der Waals surface area contributed by atoms with Crippen molar-refractivity contribution in [3.8, 4) is 5.75 Å². The number of nitrogens with zero attached hydrogens (tertiary/aromatic N) is 3. The number of carbonyl (C=O) groups excluding carboxylic acids is 2. The van der Waals surface area contributed by atoms with Crippen molar-refractivity contribution < 1.29 is 14.3 Å². The van der Waals surface area contributed by atoms with Gasteiger partial charge in [-0.05, 0) is 42.0 Å². The van der Waals surface area contributed by atoms with E-state index in [1.807, 2.05) is 48.0 Å². The average molecular weight is 447 g/mol. The summed E-state index contributed by atoms with van der Waals surface area (Å²) in [4.78, 5) is 23.8. The third kappa shape index (κ3) is 5.15. The van der Waals surface area contributed by atoms with Crippen LogP contribution in [0.3, 0.4) is 0 Å². The zero-order valence-electron chi connectivity index (χ0n) is 17.7. The van der Waals surface area contributed by atoms with Crippen molar-refractivity contribution in [2.45, 2.75) is 18.7 Å². The number of ketones is 1. The van der Waals surface area contributed by atoms with E-state index in [1.54, 1.807) is 24.3 Å². The zero-order valence-corrected chi connectivity index (χ0v) is 18.6. The van der Waals surface area contributed by atoms with Crippen LogP contribution in [0.4, 0.5) is 5.69 Å². The van der Waals surface area contributed by atoms with Gasteiger partial charge in [0.05, 0.1) is 5.75 Å². The molecule has 0 unspecified atom stereocenters. The Morgan fingerprint density at radius 3 is 2.62 bits per heavy atom. The Kier molecular flexibility index (Phi) is 6.51. The number of Topliss-reactive ketones (excluding diaryl/α,β-unsaturated/α-hetero) is 1. The molecule has 7 nitrogen and oxygen atoms in total. The summed E-state index contributed by atoms with van der Waals surface area (Å²) in [6.45, 7) is 1.76. The van der Waals surface area contributed by atoms with Gasteiger partial charge in [-0.1, -0.05) is 54.2 Å². The van der Waals surface area contributed by atoms with Crippen LogP contribution in [0.5, 0.6) is 5.75 Å². The van der Waals surface area contributed by atoms with E-state index in [4.69, 9.17) is 4.74 Å². The predicted molar refractivity (Wildman–Crippen MR) is 125 cm³/mol. The maximum absolute atomic E-state index is 12.3. The minimum absolute atomic E-state index is 0.0482. The van der Waals surface area contributed by atoms with Crippen molar-refractivity contribution in [1.29, 1.82) is 0 Å². The van der Waals surface area contributed by atoms with Crippen molar-refractivity contribution in [2.75, 3.05) is 11.1 Å². The maximum Gasteiger partial charge on any atom is 0.234 e. The normalized spacial score (nSPS) is 10.8. The smallest absolute Gasteiger partial charge is 0.234 e. The van der Waals surface area contributed by atoms with Gasteiger partial charge in [0.2, 0.25) is 5.91 Å². The van der Waals surface area contributed by atoms with Gasteiger partial charge < -0.3 is 14.6 Å². The Bertz CT molecular complexity index is 1290. The number of carbonyl (C=O) groups is 2. The minimum Gasteiger partial charge on any atom is -0.486 e. The second-order valence-electron chi connectivity index (χ2n) is 7.23. The molecule has 1 amide bonds. The second kappa shape index (κ2) is 9.65. The van der Waals surface area contributed by atoms with Crippen molar-refractivity contribution in [3.05, 3.63) is 78.1 Å². The molecule has 0 spiro atoms. The number of anilines is 1. The molecule has 1 aromatic heterocycles. The monoisotopic (exact) mass is 446 g/mol. The molecule has 0 atom stereocenters. The molecule has 1 N–H and O–H groups in total. The summed E-state index contributed by atoms with van der Waals surface area (Å²) in [5, 5.41) is 14.0. The van der Waals surface area contributed by atoms with Gasteiger partial charge in [0, 0.05) is 18.3 Å². The van der Waals surface area contributed by atoms with Crippen LogP contribution in [0.25, 0.3) is 10.8 Å². The molecule has 0 aliphatic carbocycles. The first-order chi connectivity index (χ1) is 15.5. The molecule has 0 aliphatic heterocycles. The van der Waals surface area contributed by atoms with Crippen LogP contribution >= 0.6 is 11.8 Å². The number of benzene rings is 3. The molecule has 0 aliphatic rings. The highest BCUT2D eigenvalue weighted by atomic mass is 32.2. The Hall–Kier alpha value is -3.65.